The Morgan fingerprint density at radius 3 is 2.13 bits per heavy atom. The molecule has 0 aromatic heterocycles. The van der Waals surface area contributed by atoms with Gasteiger partial charge in [-0.3, -0.25) is 9.69 Å². The SMILES string of the molecule is CC(C)(C)N(Cc1ccccc1)C(=O)CN1CCN(S(=O)(=O)c2ccccc2Cl)CC1. The van der Waals surface area contributed by atoms with Crippen molar-refractivity contribution in [2.24, 2.45) is 0 Å². The van der Waals surface area contributed by atoms with Crippen molar-refractivity contribution >= 4 is 27.5 Å². The summed E-state index contributed by atoms with van der Waals surface area (Å²) < 4.78 is 27.3. The molecule has 31 heavy (non-hydrogen) atoms. The van der Waals surface area contributed by atoms with Crippen molar-refractivity contribution < 1.29 is 13.2 Å². The molecule has 0 saturated carbocycles. The van der Waals surface area contributed by atoms with Crippen LogP contribution in [0.15, 0.2) is 59.5 Å². The number of rotatable bonds is 6. The van der Waals surface area contributed by atoms with Gasteiger partial charge in [0.2, 0.25) is 15.9 Å². The molecule has 0 unspecified atom stereocenters. The summed E-state index contributed by atoms with van der Waals surface area (Å²) in [6.07, 6.45) is 0. The zero-order valence-corrected chi connectivity index (χ0v) is 19.9. The zero-order valence-electron chi connectivity index (χ0n) is 18.3. The molecule has 1 heterocycles. The van der Waals surface area contributed by atoms with Crippen molar-refractivity contribution in [2.75, 3.05) is 32.7 Å². The van der Waals surface area contributed by atoms with Crippen LogP contribution in [0.1, 0.15) is 26.3 Å². The quantitative estimate of drug-likeness (QED) is 0.658. The van der Waals surface area contributed by atoms with Gasteiger partial charge in [0.25, 0.3) is 0 Å². The normalized spacial score (nSPS) is 16.3. The maximum absolute atomic E-state index is 13.1. The van der Waals surface area contributed by atoms with Gasteiger partial charge >= 0.3 is 0 Å². The van der Waals surface area contributed by atoms with Crippen molar-refractivity contribution in [2.45, 2.75) is 37.8 Å². The highest BCUT2D eigenvalue weighted by Gasteiger charge is 2.32. The third-order valence-electron chi connectivity index (χ3n) is 5.44. The molecule has 8 heteroatoms. The molecule has 0 N–H and O–H groups in total. The average molecular weight is 464 g/mol. The van der Waals surface area contributed by atoms with Gasteiger partial charge in [0.05, 0.1) is 11.6 Å². The van der Waals surface area contributed by atoms with E-state index in [1.54, 1.807) is 18.2 Å². The second-order valence-electron chi connectivity index (χ2n) is 8.75. The van der Waals surface area contributed by atoms with Gasteiger partial charge in [0.15, 0.2) is 0 Å². The van der Waals surface area contributed by atoms with Gasteiger partial charge < -0.3 is 4.90 Å². The Morgan fingerprint density at radius 1 is 0.968 bits per heavy atom. The number of halogens is 1. The average Bonchev–Trinajstić information content (AvgIpc) is 2.72. The highest BCUT2D eigenvalue weighted by atomic mass is 35.5. The molecule has 0 aliphatic carbocycles. The molecular formula is C23H30ClN3O3S. The summed E-state index contributed by atoms with van der Waals surface area (Å²) in [5.41, 5.74) is 0.767. The van der Waals surface area contributed by atoms with Gasteiger partial charge in [0.1, 0.15) is 4.90 Å². The molecule has 1 saturated heterocycles. The molecule has 1 fully saturated rings. The molecule has 0 radical (unpaired) electrons. The number of carbonyl (C=O) groups excluding carboxylic acids is 1. The Bertz CT molecular complexity index is 998. The number of hydrogen-bond donors (Lipinski definition) is 0. The third-order valence-corrected chi connectivity index (χ3v) is 7.84. The minimum atomic E-state index is -3.65. The van der Waals surface area contributed by atoms with E-state index in [0.717, 1.165) is 5.56 Å². The Hall–Kier alpha value is -1.93. The molecule has 1 amide bonds. The van der Waals surface area contributed by atoms with E-state index >= 15 is 0 Å². The Labute approximate surface area is 190 Å². The fraction of sp³-hybridized carbons (Fsp3) is 0.435. The lowest BCUT2D eigenvalue weighted by atomic mass is 10.0. The molecule has 1 aliphatic rings. The number of nitrogens with zero attached hydrogens (tertiary/aromatic N) is 3. The van der Waals surface area contributed by atoms with Gasteiger partial charge in [0, 0.05) is 38.3 Å². The summed E-state index contributed by atoms with van der Waals surface area (Å²) in [6.45, 7) is 8.56. The number of benzene rings is 2. The van der Waals surface area contributed by atoms with Crippen LogP contribution in [-0.2, 0) is 21.4 Å². The summed E-state index contributed by atoms with van der Waals surface area (Å²) in [5.74, 6) is 0.0405. The highest BCUT2D eigenvalue weighted by Crippen LogP contribution is 2.25. The predicted molar refractivity (Wildman–Crippen MR) is 123 cm³/mol. The lowest BCUT2D eigenvalue weighted by Gasteiger charge is -2.39. The summed E-state index contributed by atoms with van der Waals surface area (Å²) in [6, 6.07) is 16.4. The van der Waals surface area contributed by atoms with Gasteiger partial charge in [-0.25, -0.2) is 8.42 Å². The van der Waals surface area contributed by atoms with Gasteiger partial charge in [-0.2, -0.15) is 4.31 Å². The molecule has 2 aromatic rings. The largest absolute Gasteiger partial charge is 0.332 e. The van der Waals surface area contributed by atoms with Crippen LogP contribution in [-0.4, -0.2) is 66.7 Å². The topological polar surface area (TPSA) is 60.9 Å². The Morgan fingerprint density at radius 2 is 1.55 bits per heavy atom. The van der Waals surface area contributed by atoms with E-state index in [1.165, 1.54) is 10.4 Å². The van der Waals surface area contributed by atoms with Gasteiger partial charge in [-0.05, 0) is 38.5 Å². The minimum Gasteiger partial charge on any atom is -0.332 e. The molecule has 3 rings (SSSR count). The number of hydrogen-bond acceptors (Lipinski definition) is 4. The number of sulfonamides is 1. The Kier molecular flexibility index (Phi) is 7.42. The maximum atomic E-state index is 13.1. The van der Waals surface area contributed by atoms with Crippen LogP contribution in [0.4, 0.5) is 0 Å². The molecule has 1 aliphatic heterocycles. The van der Waals surface area contributed by atoms with Crippen LogP contribution in [0, 0.1) is 0 Å². The van der Waals surface area contributed by atoms with Gasteiger partial charge in [-0.1, -0.05) is 54.1 Å². The second-order valence-corrected chi connectivity index (χ2v) is 11.1. The van der Waals surface area contributed by atoms with Crippen LogP contribution in [0.2, 0.25) is 5.02 Å². The zero-order chi connectivity index (χ0) is 22.6. The van der Waals surface area contributed by atoms with E-state index in [-0.39, 0.29) is 27.9 Å². The second kappa shape index (κ2) is 9.69. The molecule has 0 atom stereocenters. The number of piperazine rings is 1. The lowest BCUT2D eigenvalue weighted by molar-refractivity contribution is -0.138. The lowest BCUT2D eigenvalue weighted by Crippen LogP contribution is -2.53. The first-order valence-electron chi connectivity index (χ1n) is 10.4. The van der Waals surface area contributed by atoms with Crippen LogP contribution in [0.3, 0.4) is 0 Å². The van der Waals surface area contributed by atoms with Crippen LogP contribution < -0.4 is 0 Å². The maximum Gasteiger partial charge on any atom is 0.244 e. The first kappa shape index (κ1) is 23.7. The van der Waals surface area contributed by atoms with Crippen molar-refractivity contribution in [3.63, 3.8) is 0 Å². The molecule has 0 bridgehead atoms. The minimum absolute atomic E-state index is 0.0405. The highest BCUT2D eigenvalue weighted by molar-refractivity contribution is 7.89. The van der Waals surface area contributed by atoms with E-state index in [9.17, 15) is 13.2 Å². The van der Waals surface area contributed by atoms with Crippen LogP contribution in [0.25, 0.3) is 0 Å². The van der Waals surface area contributed by atoms with E-state index in [1.807, 2.05) is 60.9 Å². The molecule has 0 spiro atoms. The number of amides is 1. The fourth-order valence-corrected chi connectivity index (χ4v) is 5.58. The molecule has 168 valence electrons. The molecular weight excluding hydrogens is 434 g/mol. The summed E-state index contributed by atoms with van der Waals surface area (Å²) >= 11 is 6.10. The first-order chi connectivity index (χ1) is 14.6. The molecule has 2 aromatic carbocycles. The number of carbonyl (C=O) groups is 1. The van der Waals surface area contributed by atoms with E-state index in [0.29, 0.717) is 32.7 Å². The Balaban J connectivity index is 1.63. The fourth-order valence-electron chi connectivity index (χ4n) is 3.66. The smallest absolute Gasteiger partial charge is 0.244 e. The molecule has 6 nitrogen and oxygen atoms in total. The third kappa shape index (κ3) is 5.86. The van der Waals surface area contributed by atoms with Crippen molar-refractivity contribution in [3.05, 3.63) is 65.2 Å². The standard InChI is InChI=1S/C23H30ClN3O3S/c1-23(2,3)27(17-19-9-5-4-6-10-19)22(28)18-25-13-15-26(16-14-25)31(29,30)21-12-8-7-11-20(21)24/h4-12H,13-18H2,1-3H3. The van der Waals surface area contributed by atoms with Crippen molar-refractivity contribution in [3.8, 4) is 0 Å². The van der Waals surface area contributed by atoms with E-state index in [2.05, 4.69) is 0 Å². The van der Waals surface area contributed by atoms with Crippen molar-refractivity contribution in [1.82, 2.24) is 14.1 Å². The van der Waals surface area contributed by atoms with E-state index in [4.69, 9.17) is 11.6 Å². The predicted octanol–water partition coefficient (Wildman–Crippen LogP) is 3.47. The summed E-state index contributed by atoms with van der Waals surface area (Å²) in [5, 5.41) is 0.224. The summed E-state index contributed by atoms with van der Waals surface area (Å²) in [7, 11) is -3.65. The van der Waals surface area contributed by atoms with E-state index < -0.39 is 10.0 Å². The van der Waals surface area contributed by atoms with Crippen LogP contribution in [0.5, 0.6) is 0 Å². The summed E-state index contributed by atoms with van der Waals surface area (Å²) in [4.78, 5) is 17.2. The first-order valence-corrected chi connectivity index (χ1v) is 12.2. The van der Waals surface area contributed by atoms with Crippen LogP contribution >= 0.6 is 11.6 Å². The van der Waals surface area contributed by atoms with Crippen molar-refractivity contribution in [1.29, 1.82) is 0 Å². The van der Waals surface area contributed by atoms with Gasteiger partial charge in [-0.15, -0.1) is 0 Å². The monoisotopic (exact) mass is 463 g/mol.